The van der Waals surface area contributed by atoms with Crippen molar-refractivity contribution in [1.82, 2.24) is 0 Å². The highest BCUT2D eigenvalue weighted by atomic mass is 16.4. The summed E-state index contributed by atoms with van der Waals surface area (Å²) in [5.41, 5.74) is 2.17. The summed E-state index contributed by atoms with van der Waals surface area (Å²) >= 11 is 0. The van der Waals surface area contributed by atoms with Crippen LogP contribution in [0.1, 0.15) is 21.5 Å². The molecule has 0 aliphatic carbocycles. The molecular weight excluding hydrogens is 240 g/mol. The van der Waals surface area contributed by atoms with Crippen LogP contribution in [-0.4, -0.2) is 11.1 Å². The lowest BCUT2D eigenvalue weighted by atomic mass is 10.1. The zero-order chi connectivity index (χ0) is 13.7. The van der Waals surface area contributed by atoms with Gasteiger partial charge in [0.1, 0.15) is 6.07 Å². The molecule has 19 heavy (non-hydrogen) atoms. The Morgan fingerprint density at radius 3 is 2.58 bits per heavy atom. The largest absolute Gasteiger partial charge is 0.478 e. The molecule has 2 rings (SSSR count). The molecule has 0 saturated carbocycles. The fourth-order valence-electron chi connectivity index (χ4n) is 1.72. The maximum absolute atomic E-state index is 10.8. The Balaban J connectivity index is 2.17. The predicted molar refractivity (Wildman–Crippen MR) is 71.9 cm³/mol. The second-order valence-electron chi connectivity index (χ2n) is 4.02. The number of aromatic carboxylic acids is 1. The van der Waals surface area contributed by atoms with Crippen molar-refractivity contribution in [1.29, 1.82) is 5.26 Å². The Morgan fingerprint density at radius 2 is 1.95 bits per heavy atom. The molecule has 0 unspecified atom stereocenters. The first-order valence-electron chi connectivity index (χ1n) is 5.76. The number of carbonyl (C=O) groups is 1. The summed E-state index contributed by atoms with van der Waals surface area (Å²) < 4.78 is 0. The molecule has 0 fully saturated rings. The van der Waals surface area contributed by atoms with E-state index in [1.54, 1.807) is 6.07 Å². The molecule has 0 aromatic heterocycles. The van der Waals surface area contributed by atoms with Crippen LogP contribution in [-0.2, 0) is 6.54 Å². The molecule has 0 radical (unpaired) electrons. The van der Waals surface area contributed by atoms with Gasteiger partial charge in [-0.3, -0.25) is 0 Å². The second kappa shape index (κ2) is 5.69. The minimum absolute atomic E-state index is 0.113. The van der Waals surface area contributed by atoms with Gasteiger partial charge in [-0.05, 0) is 23.8 Å². The van der Waals surface area contributed by atoms with Crippen molar-refractivity contribution in [2.24, 2.45) is 0 Å². The molecule has 0 heterocycles. The Hall–Kier alpha value is -2.80. The van der Waals surface area contributed by atoms with Crippen LogP contribution < -0.4 is 5.32 Å². The average molecular weight is 252 g/mol. The highest BCUT2D eigenvalue weighted by Crippen LogP contribution is 2.17. The van der Waals surface area contributed by atoms with E-state index in [4.69, 9.17) is 10.4 Å². The first-order chi connectivity index (χ1) is 9.20. The number of carboxylic acids is 1. The normalized spacial score (nSPS) is 9.63. The lowest BCUT2D eigenvalue weighted by Gasteiger charge is -2.08. The Labute approximate surface area is 110 Å². The third-order valence-electron chi connectivity index (χ3n) is 2.71. The van der Waals surface area contributed by atoms with Crippen LogP contribution in [0.15, 0.2) is 48.5 Å². The summed E-state index contributed by atoms with van der Waals surface area (Å²) in [6.07, 6.45) is 0. The first-order valence-corrected chi connectivity index (χ1v) is 5.76. The third-order valence-corrected chi connectivity index (χ3v) is 2.71. The molecule has 4 heteroatoms. The Morgan fingerprint density at radius 1 is 1.21 bits per heavy atom. The summed E-state index contributed by atoms with van der Waals surface area (Å²) in [7, 11) is 0. The van der Waals surface area contributed by atoms with Gasteiger partial charge < -0.3 is 10.4 Å². The highest BCUT2D eigenvalue weighted by molar-refractivity contribution is 5.89. The minimum atomic E-state index is -1.04. The van der Waals surface area contributed by atoms with Crippen LogP contribution in [0, 0.1) is 11.3 Å². The molecule has 94 valence electrons. The molecule has 0 aliphatic rings. The molecule has 2 aromatic rings. The predicted octanol–water partition coefficient (Wildman–Crippen LogP) is 2.87. The molecule has 0 amide bonds. The van der Waals surface area contributed by atoms with Crippen LogP contribution in [0.2, 0.25) is 0 Å². The first kappa shape index (κ1) is 12.7. The van der Waals surface area contributed by atoms with Crippen LogP contribution in [0.4, 0.5) is 5.69 Å². The Kier molecular flexibility index (Phi) is 3.79. The molecule has 2 N–H and O–H groups in total. The summed E-state index contributed by atoms with van der Waals surface area (Å²) in [4.78, 5) is 10.8. The molecular formula is C15H12N2O2. The van der Waals surface area contributed by atoms with E-state index < -0.39 is 5.97 Å². The quantitative estimate of drug-likeness (QED) is 0.877. The number of hydrogen-bond donors (Lipinski definition) is 2. The van der Waals surface area contributed by atoms with Gasteiger partial charge in [0.05, 0.1) is 16.8 Å². The van der Waals surface area contributed by atoms with Crippen molar-refractivity contribution >= 4 is 11.7 Å². The highest BCUT2D eigenvalue weighted by Gasteiger charge is 2.07. The van der Waals surface area contributed by atoms with E-state index in [-0.39, 0.29) is 5.56 Å². The van der Waals surface area contributed by atoms with Gasteiger partial charge in [0, 0.05) is 6.54 Å². The van der Waals surface area contributed by atoms with E-state index in [2.05, 4.69) is 5.32 Å². The number of rotatable bonds is 4. The van der Waals surface area contributed by atoms with Crippen LogP contribution in [0.3, 0.4) is 0 Å². The maximum atomic E-state index is 10.8. The SMILES string of the molecule is N#Cc1cc(C(=O)O)ccc1NCc1ccccc1. The zero-order valence-electron chi connectivity index (χ0n) is 10.1. The average Bonchev–Trinajstić information content (AvgIpc) is 2.45. The smallest absolute Gasteiger partial charge is 0.335 e. The molecule has 0 bridgehead atoms. The number of nitrogens with one attached hydrogen (secondary N) is 1. The van der Waals surface area contributed by atoms with E-state index >= 15 is 0 Å². The van der Waals surface area contributed by atoms with Crippen LogP contribution in [0.5, 0.6) is 0 Å². The fourth-order valence-corrected chi connectivity index (χ4v) is 1.72. The molecule has 4 nitrogen and oxygen atoms in total. The van der Waals surface area contributed by atoms with E-state index in [1.165, 1.54) is 12.1 Å². The monoisotopic (exact) mass is 252 g/mol. The van der Waals surface area contributed by atoms with Gasteiger partial charge in [-0.2, -0.15) is 5.26 Å². The van der Waals surface area contributed by atoms with Gasteiger partial charge >= 0.3 is 5.97 Å². The van der Waals surface area contributed by atoms with Gasteiger partial charge in [0.2, 0.25) is 0 Å². The number of carboxylic acid groups (broad SMARTS) is 1. The lowest BCUT2D eigenvalue weighted by Crippen LogP contribution is -2.03. The van der Waals surface area contributed by atoms with Crippen molar-refractivity contribution in [2.75, 3.05) is 5.32 Å². The van der Waals surface area contributed by atoms with E-state index in [1.807, 2.05) is 36.4 Å². The lowest BCUT2D eigenvalue weighted by molar-refractivity contribution is 0.0697. The van der Waals surface area contributed by atoms with Gasteiger partial charge in [-0.25, -0.2) is 4.79 Å². The van der Waals surface area contributed by atoms with E-state index in [0.717, 1.165) is 5.56 Å². The minimum Gasteiger partial charge on any atom is -0.478 e. The van der Waals surface area contributed by atoms with Crippen molar-refractivity contribution in [3.8, 4) is 6.07 Å². The second-order valence-corrected chi connectivity index (χ2v) is 4.02. The van der Waals surface area contributed by atoms with E-state index in [0.29, 0.717) is 17.8 Å². The van der Waals surface area contributed by atoms with Gasteiger partial charge in [-0.15, -0.1) is 0 Å². The van der Waals surface area contributed by atoms with Crippen molar-refractivity contribution in [3.05, 3.63) is 65.2 Å². The fraction of sp³-hybridized carbons (Fsp3) is 0.0667. The molecule has 0 atom stereocenters. The summed E-state index contributed by atoms with van der Waals surface area (Å²) in [5.74, 6) is -1.04. The summed E-state index contributed by atoms with van der Waals surface area (Å²) in [6.45, 7) is 0.585. The molecule has 2 aromatic carbocycles. The van der Waals surface area contributed by atoms with Crippen molar-refractivity contribution < 1.29 is 9.90 Å². The summed E-state index contributed by atoms with van der Waals surface area (Å²) in [5, 5.41) is 21.0. The number of hydrogen-bond acceptors (Lipinski definition) is 3. The van der Waals surface area contributed by atoms with Gasteiger partial charge in [-0.1, -0.05) is 30.3 Å². The van der Waals surface area contributed by atoms with Crippen molar-refractivity contribution in [3.63, 3.8) is 0 Å². The molecule has 0 saturated heterocycles. The molecule has 0 spiro atoms. The molecule has 0 aliphatic heterocycles. The van der Waals surface area contributed by atoms with Crippen LogP contribution >= 0.6 is 0 Å². The van der Waals surface area contributed by atoms with E-state index in [9.17, 15) is 4.79 Å². The van der Waals surface area contributed by atoms with Crippen molar-refractivity contribution in [2.45, 2.75) is 6.54 Å². The van der Waals surface area contributed by atoms with Gasteiger partial charge in [0.15, 0.2) is 0 Å². The van der Waals surface area contributed by atoms with Crippen LogP contribution in [0.25, 0.3) is 0 Å². The van der Waals surface area contributed by atoms with Gasteiger partial charge in [0.25, 0.3) is 0 Å². The Bertz CT molecular complexity index is 630. The third kappa shape index (κ3) is 3.11. The number of anilines is 1. The maximum Gasteiger partial charge on any atom is 0.335 e. The topological polar surface area (TPSA) is 73.1 Å². The number of benzene rings is 2. The number of nitrogens with zero attached hydrogens (tertiary/aromatic N) is 1. The number of nitriles is 1. The summed E-state index contributed by atoms with van der Waals surface area (Å²) in [6, 6.07) is 16.2. The zero-order valence-corrected chi connectivity index (χ0v) is 10.1. The standard InChI is InChI=1S/C15H12N2O2/c16-9-13-8-12(15(18)19)6-7-14(13)17-10-11-4-2-1-3-5-11/h1-8,17H,10H2,(H,18,19).